The number of hydrogen-bond acceptors (Lipinski definition) is 1. The van der Waals surface area contributed by atoms with Crippen LogP contribution < -0.4 is 0 Å². The van der Waals surface area contributed by atoms with Gasteiger partial charge >= 0.3 is 0 Å². The summed E-state index contributed by atoms with van der Waals surface area (Å²) in [6.07, 6.45) is 6.75. The van der Waals surface area contributed by atoms with Gasteiger partial charge in [0.25, 0.3) is 0 Å². The van der Waals surface area contributed by atoms with Gasteiger partial charge in [0.05, 0.1) is 0 Å². The first-order valence-electron chi connectivity index (χ1n) is 5.20. The molecule has 0 aromatic carbocycles. The normalized spacial score (nSPS) is 37.9. The van der Waals surface area contributed by atoms with E-state index < -0.39 is 0 Å². The van der Waals surface area contributed by atoms with Gasteiger partial charge < -0.3 is 0 Å². The molecule has 0 aliphatic carbocycles. The van der Waals surface area contributed by atoms with Crippen LogP contribution in [0.3, 0.4) is 0 Å². The molecule has 0 saturated carbocycles. The van der Waals surface area contributed by atoms with Gasteiger partial charge in [0.2, 0.25) is 0 Å². The topological polar surface area (TPSA) is 3.24 Å². The van der Waals surface area contributed by atoms with Gasteiger partial charge in [-0.3, -0.25) is 4.90 Å². The van der Waals surface area contributed by atoms with Crippen LogP contribution in [0.1, 0.15) is 39.0 Å². The molecule has 0 radical (unpaired) electrons. The van der Waals surface area contributed by atoms with Crippen molar-refractivity contribution >= 4 is 0 Å². The third-order valence-electron chi connectivity index (χ3n) is 3.35. The van der Waals surface area contributed by atoms with E-state index >= 15 is 0 Å². The highest BCUT2D eigenvalue weighted by atomic mass is 15.2. The maximum absolute atomic E-state index is 4.13. The lowest BCUT2D eigenvalue weighted by Crippen LogP contribution is -2.48. The smallest absolute Gasteiger partial charge is 0.0135 e. The second-order valence-electron chi connectivity index (χ2n) is 4.39. The van der Waals surface area contributed by atoms with Crippen molar-refractivity contribution in [2.45, 2.75) is 51.1 Å². The number of fused-ring (bicyclic) bond motifs is 1. The summed E-state index contributed by atoms with van der Waals surface area (Å²) in [4.78, 5) is 2.69. The highest BCUT2D eigenvalue weighted by Crippen LogP contribution is 2.31. The highest BCUT2D eigenvalue weighted by molar-refractivity contribution is 5.06. The molecule has 0 bridgehead atoms. The maximum atomic E-state index is 4.13. The molecule has 2 atom stereocenters. The van der Waals surface area contributed by atoms with Crippen LogP contribution in [0.25, 0.3) is 0 Å². The van der Waals surface area contributed by atoms with Crippen molar-refractivity contribution in [2.24, 2.45) is 0 Å². The van der Waals surface area contributed by atoms with Crippen molar-refractivity contribution in [3.63, 3.8) is 0 Å². The number of hydrogen-bond donors (Lipinski definition) is 0. The summed E-state index contributed by atoms with van der Waals surface area (Å²) in [7, 11) is 0. The predicted octanol–water partition coefficient (Wildman–Crippen LogP) is 2.58. The van der Waals surface area contributed by atoms with E-state index in [0.29, 0.717) is 0 Å². The molecular formula is C11H19N. The first-order valence-corrected chi connectivity index (χ1v) is 5.20. The van der Waals surface area contributed by atoms with Crippen molar-refractivity contribution in [2.75, 3.05) is 6.54 Å². The third kappa shape index (κ3) is 1.42. The first kappa shape index (κ1) is 8.31. The van der Waals surface area contributed by atoms with Gasteiger partial charge in [-0.25, -0.2) is 0 Å². The molecule has 0 spiro atoms. The van der Waals surface area contributed by atoms with E-state index in [-0.39, 0.29) is 0 Å². The highest BCUT2D eigenvalue weighted by Gasteiger charge is 2.30. The lowest BCUT2D eigenvalue weighted by molar-refractivity contribution is 0.0825. The van der Waals surface area contributed by atoms with E-state index in [1.807, 2.05) is 0 Å². The van der Waals surface area contributed by atoms with Gasteiger partial charge in [0.15, 0.2) is 0 Å². The molecule has 1 nitrogen and oxygen atoms in total. The number of nitrogens with zero attached hydrogens (tertiary/aromatic N) is 1. The Balaban J connectivity index is 2.06. The zero-order chi connectivity index (χ0) is 8.55. The van der Waals surface area contributed by atoms with E-state index in [1.54, 1.807) is 0 Å². The Kier molecular flexibility index (Phi) is 2.22. The average molecular weight is 165 g/mol. The molecule has 12 heavy (non-hydrogen) atoms. The second kappa shape index (κ2) is 3.21. The van der Waals surface area contributed by atoms with Gasteiger partial charge in [-0.05, 0) is 39.2 Å². The Morgan fingerprint density at radius 3 is 3.00 bits per heavy atom. The lowest BCUT2D eigenvalue weighted by atomic mass is 9.87. The zero-order valence-corrected chi connectivity index (χ0v) is 8.05. The number of rotatable bonds is 0. The summed E-state index contributed by atoms with van der Waals surface area (Å²) >= 11 is 0. The minimum absolute atomic E-state index is 0.761. The van der Waals surface area contributed by atoms with Gasteiger partial charge in [0, 0.05) is 12.1 Å². The van der Waals surface area contributed by atoms with Crippen LogP contribution in [-0.2, 0) is 0 Å². The van der Waals surface area contributed by atoms with Crippen LogP contribution in [0.15, 0.2) is 12.2 Å². The summed E-state index contributed by atoms with van der Waals surface area (Å²) < 4.78 is 0. The molecule has 68 valence electrons. The molecule has 0 N–H and O–H groups in total. The van der Waals surface area contributed by atoms with Gasteiger partial charge in [-0.15, -0.1) is 0 Å². The largest absolute Gasteiger partial charge is 0.297 e. The first-order chi connectivity index (χ1) is 5.77. The van der Waals surface area contributed by atoms with Crippen molar-refractivity contribution < 1.29 is 0 Å². The fraction of sp³-hybridized carbons (Fsp3) is 0.818. The Bertz CT molecular complexity index is 185. The summed E-state index contributed by atoms with van der Waals surface area (Å²) in [5, 5.41) is 0. The molecule has 0 aromatic heterocycles. The quantitative estimate of drug-likeness (QED) is 0.499. The Hall–Kier alpha value is -0.300. The summed E-state index contributed by atoms with van der Waals surface area (Å²) in [5.74, 6) is 0. The van der Waals surface area contributed by atoms with Crippen LogP contribution >= 0.6 is 0 Å². The molecule has 2 saturated heterocycles. The fourth-order valence-electron chi connectivity index (χ4n) is 2.77. The Morgan fingerprint density at radius 2 is 2.17 bits per heavy atom. The van der Waals surface area contributed by atoms with Crippen molar-refractivity contribution in [1.29, 1.82) is 0 Å². The molecule has 2 heterocycles. The minimum atomic E-state index is 0.761. The number of piperidine rings is 2. The van der Waals surface area contributed by atoms with E-state index in [2.05, 4.69) is 18.4 Å². The summed E-state index contributed by atoms with van der Waals surface area (Å²) in [6, 6.07) is 1.60. The van der Waals surface area contributed by atoms with Crippen molar-refractivity contribution in [1.82, 2.24) is 4.90 Å². The van der Waals surface area contributed by atoms with Crippen molar-refractivity contribution in [3.8, 4) is 0 Å². The summed E-state index contributed by atoms with van der Waals surface area (Å²) in [6.45, 7) is 7.81. The molecular weight excluding hydrogens is 146 g/mol. The third-order valence-corrected chi connectivity index (χ3v) is 3.35. The molecule has 2 fully saturated rings. The maximum Gasteiger partial charge on any atom is 0.0135 e. The van der Waals surface area contributed by atoms with Gasteiger partial charge in [-0.1, -0.05) is 18.6 Å². The Morgan fingerprint density at radius 1 is 1.33 bits per heavy atom. The van der Waals surface area contributed by atoms with Gasteiger partial charge in [-0.2, -0.15) is 0 Å². The average Bonchev–Trinajstić information content (AvgIpc) is 2.04. The van der Waals surface area contributed by atoms with E-state index in [4.69, 9.17) is 0 Å². The molecule has 0 amide bonds. The fourth-order valence-corrected chi connectivity index (χ4v) is 2.77. The predicted molar refractivity (Wildman–Crippen MR) is 52.2 cm³/mol. The summed E-state index contributed by atoms with van der Waals surface area (Å²) in [5.41, 5.74) is 1.48. The second-order valence-corrected chi connectivity index (χ2v) is 4.39. The zero-order valence-electron chi connectivity index (χ0n) is 8.05. The molecule has 2 rings (SSSR count). The van der Waals surface area contributed by atoms with Crippen LogP contribution in [0.5, 0.6) is 0 Å². The lowest BCUT2D eigenvalue weighted by Gasteiger charge is -2.44. The minimum Gasteiger partial charge on any atom is -0.297 e. The van der Waals surface area contributed by atoms with Crippen LogP contribution in [-0.4, -0.2) is 23.5 Å². The van der Waals surface area contributed by atoms with E-state index in [9.17, 15) is 0 Å². The molecule has 0 aromatic rings. The van der Waals surface area contributed by atoms with Crippen LogP contribution in [0, 0.1) is 0 Å². The van der Waals surface area contributed by atoms with Crippen molar-refractivity contribution in [3.05, 3.63) is 12.2 Å². The van der Waals surface area contributed by atoms with Crippen LogP contribution in [0.2, 0.25) is 0 Å². The molecule has 2 aliphatic heterocycles. The monoisotopic (exact) mass is 165 g/mol. The SMILES string of the molecule is C=C1C[C@@H]2CCCCN2[C@H](C)C1. The van der Waals surface area contributed by atoms with Gasteiger partial charge in [0.1, 0.15) is 0 Å². The Labute approximate surface area is 75.4 Å². The van der Waals surface area contributed by atoms with E-state index in [1.165, 1.54) is 44.2 Å². The van der Waals surface area contributed by atoms with Crippen LogP contribution in [0.4, 0.5) is 0 Å². The molecule has 2 aliphatic rings. The standard InChI is InChI=1S/C11H19N/c1-9-7-10(2)12-6-4-3-5-11(12)8-9/h10-11H,1,3-8H2,2H3/t10-,11+/m1/s1. The molecule has 0 unspecified atom stereocenters. The molecule has 1 heteroatoms. The van der Waals surface area contributed by atoms with E-state index in [0.717, 1.165) is 12.1 Å².